The van der Waals surface area contributed by atoms with Gasteiger partial charge in [-0.1, -0.05) is 48.5 Å². The lowest BCUT2D eigenvalue weighted by Crippen LogP contribution is -2.31. The Kier molecular flexibility index (Phi) is 4.37. The predicted octanol–water partition coefficient (Wildman–Crippen LogP) is 6.55. The molecule has 36 heavy (non-hydrogen) atoms. The van der Waals surface area contributed by atoms with Gasteiger partial charge in [-0.25, -0.2) is 9.59 Å². The van der Waals surface area contributed by atoms with Crippen LogP contribution in [0.15, 0.2) is 84.9 Å². The van der Waals surface area contributed by atoms with Crippen molar-refractivity contribution in [3.05, 3.63) is 129 Å². The number of hydrogen-bond acceptors (Lipinski definition) is 4. The molecular weight excluding hydrogens is 448 g/mol. The van der Waals surface area contributed by atoms with Crippen LogP contribution in [-0.4, -0.2) is 26.2 Å². The molecular formula is C32H22O4. The van der Waals surface area contributed by atoms with Crippen LogP contribution in [0.1, 0.15) is 65.9 Å². The van der Waals surface area contributed by atoms with Crippen LogP contribution in [0.25, 0.3) is 21.5 Å². The molecule has 0 spiro atoms. The topological polar surface area (TPSA) is 52.6 Å². The van der Waals surface area contributed by atoms with Gasteiger partial charge in [-0.15, -0.1) is 0 Å². The molecule has 0 radical (unpaired) electrons. The zero-order valence-electron chi connectivity index (χ0n) is 19.9. The molecule has 2 bridgehead atoms. The second kappa shape index (κ2) is 7.53. The molecule has 8 rings (SSSR count). The second-order valence-electron chi connectivity index (χ2n) is 9.49. The Morgan fingerprint density at radius 1 is 0.528 bits per heavy atom. The molecule has 174 valence electrons. The molecule has 0 aromatic heterocycles. The molecule has 0 saturated heterocycles. The third-order valence-electron chi connectivity index (χ3n) is 7.82. The lowest BCUT2D eigenvalue weighted by atomic mass is 9.59. The van der Waals surface area contributed by atoms with Crippen molar-refractivity contribution in [2.45, 2.75) is 11.8 Å². The van der Waals surface area contributed by atoms with Gasteiger partial charge in [-0.05, 0) is 91.3 Å². The van der Waals surface area contributed by atoms with E-state index in [1.807, 2.05) is 24.3 Å². The maximum Gasteiger partial charge on any atom is 0.338 e. The van der Waals surface area contributed by atoms with Crippen LogP contribution in [0.3, 0.4) is 0 Å². The van der Waals surface area contributed by atoms with Crippen molar-refractivity contribution < 1.29 is 19.1 Å². The number of esters is 2. The summed E-state index contributed by atoms with van der Waals surface area (Å²) < 4.78 is 10.3. The van der Waals surface area contributed by atoms with Crippen molar-refractivity contribution in [2.75, 3.05) is 14.2 Å². The number of fused-ring (bicyclic) bond motifs is 2. The van der Waals surface area contributed by atoms with E-state index in [0.29, 0.717) is 11.1 Å². The van der Waals surface area contributed by atoms with E-state index >= 15 is 0 Å². The van der Waals surface area contributed by atoms with E-state index in [2.05, 4.69) is 60.7 Å². The first-order chi connectivity index (χ1) is 17.6. The van der Waals surface area contributed by atoms with E-state index < -0.39 is 0 Å². The number of hydrogen-bond donors (Lipinski definition) is 0. The van der Waals surface area contributed by atoms with E-state index in [4.69, 9.17) is 9.47 Å². The number of ether oxygens (including phenoxy) is 2. The molecule has 4 heteroatoms. The highest BCUT2D eigenvalue weighted by molar-refractivity contribution is 6.01. The van der Waals surface area contributed by atoms with Crippen molar-refractivity contribution in [3.63, 3.8) is 0 Å². The van der Waals surface area contributed by atoms with Gasteiger partial charge in [0.15, 0.2) is 0 Å². The Morgan fingerprint density at radius 2 is 0.972 bits per heavy atom. The summed E-state index contributed by atoms with van der Waals surface area (Å²) in [5, 5.41) is 4.69. The summed E-state index contributed by atoms with van der Waals surface area (Å²) in [4.78, 5) is 25.7. The summed E-state index contributed by atoms with van der Waals surface area (Å²) >= 11 is 0. The SMILES string of the molecule is COC(=O)c1cccc2c1[C@H]1c3cc4cc5ccccc5cc4cc3[C@@H]2c2c(C(=O)OC)cccc21. The van der Waals surface area contributed by atoms with Gasteiger partial charge in [0.25, 0.3) is 0 Å². The summed E-state index contributed by atoms with van der Waals surface area (Å²) in [7, 11) is 2.83. The van der Waals surface area contributed by atoms with Gasteiger partial charge in [-0.3, -0.25) is 0 Å². The Balaban J connectivity index is 1.59. The van der Waals surface area contributed by atoms with Gasteiger partial charge < -0.3 is 9.47 Å². The lowest BCUT2D eigenvalue weighted by Gasteiger charge is -2.43. The third-order valence-corrected chi connectivity index (χ3v) is 7.82. The lowest BCUT2D eigenvalue weighted by molar-refractivity contribution is 0.0588. The molecule has 2 atom stereocenters. The zero-order valence-corrected chi connectivity index (χ0v) is 19.9. The van der Waals surface area contributed by atoms with Crippen LogP contribution in [0.4, 0.5) is 0 Å². The highest BCUT2D eigenvalue weighted by atomic mass is 16.5. The summed E-state index contributed by atoms with van der Waals surface area (Å²) in [6.07, 6.45) is 0. The quantitative estimate of drug-likeness (QED) is 0.212. The maximum absolute atomic E-state index is 12.9. The standard InChI is InChI=1S/C32H22O4/c1-35-31(33)23-11-5-9-21-27(23)29-22-10-6-12-24(32(34)36-2)28(22)30(21)26-16-20-14-18-8-4-3-7-17(18)13-19(20)15-25(26)29/h3-16,29-30H,1-2H3/t29-,30-/m1/s1. The maximum atomic E-state index is 12.9. The average Bonchev–Trinajstić information content (AvgIpc) is 2.93. The van der Waals surface area contributed by atoms with E-state index in [0.717, 1.165) is 33.0 Å². The van der Waals surface area contributed by atoms with Gasteiger partial charge >= 0.3 is 11.9 Å². The summed E-state index contributed by atoms with van der Waals surface area (Å²) in [5.74, 6) is -1.08. The first kappa shape index (κ1) is 20.9. The molecule has 0 saturated carbocycles. The van der Waals surface area contributed by atoms with Gasteiger partial charge in [0.1, 0.15) is 0 Å². The van der Waals surface area contributed by atoms with Crippen LogP contribution < -0.4 is 0 Å². The van der Waals surface area contributed by atoms with E-state index in [-0.39, 0.29) is 23.8 Å². The number of methoxy groups -OCH3 is 2. The fourth-order valence-electron chi connectivity index (χ4n) is 6.37. The van der Waals surface area contributed by atoms with Crippen molar-refractivity contribution in [1.29, 1.82) is 0 Å². The Bertz CT molecular complexity index is 1630. The summed E-state index contributed by atoms with van der Waals surface area (Å²) in [6, 6.07) is 29.0. The highest BCUT2D eigenvalue weighted by Crippen LogP contribution is 2.58. The molecule has 0 N–H and O–H groups in total. The first-order valence-corrected chi connectivity index (χ1v) is 12.0. The van der Waals surface area contributed by atoms with Crippen LogP contribution >= 0.6 is 0 Å². The number of rotatable bonds is 2. The van der Waals surface area contributed by atoms with Crippen LogP contribution in [0.5, 0.6) is 0 Å². The van der Waals surface area contributed by atoms with Gasteiger partial charge in [0.05, 0.1) is 25.3 Å². The van der Waals surface area contributed by atoms with E-state index in [1.54, 1.807) is 0 Å². The largest absolute Gasteiger partial charge is 0.465 e. The molecule has 0 unspecified atom stereocenters. The monoisotopic (exact) mass is 470 g/mol. The first-order valence-electron chi connectivity index (χ1n) is 12.0. The van der Waals surface area contributed by atoms with Crippen molar-refractivity contribution in [1.82, 2.24) is 0 Å². The molecule has 0 aliphatic heterocycles. The van der Waals surface area contributed by atoms with Crippen LogP contribution in [0.2, 0.25) is 0 Å². The number of benzene rings is 5. The number of carbonyl (C=O) groups excluding carboxylic acids is 2. The number of carbonyl (C=O) groups is 2. The third kappa shape index (κ3) is 2.70. The minimum atomic E-state index is -0.349. The Morgan fingerprint density at radius 3 is 1.39 bits per heavy atom. The molecule has 5 aromatic rings. The molecule has 3 aliphatic rings. The van der Waals surface area contributed by atoms with Gasteiger partial charge in [0.2, 0.25) is 0 Å². The Hall–Kier alpha value is -4.44. The molecule has 0 heterocycles. The smallest absolute Gasteiger partial charge is 0.338 e. The van der Waals surface area contributed by atoms with Crippen LogP contribution in [0, 0.1) is 0 Å². The molecule has 0 fully saturated rings. The molecule has 4 nitrogen and oxygen atoms in total. The van der Waals surface area contributed by atoms with Gasteiger partial charge in [0, 0.05) is 11.8 Å². The fraction of sp³-hybridized carbons (Fsp3) is 0.125. The minimum Gasteiger partial charge on any atom is -0.465 e. The van der Waals surface area contributed by atoms with Crippen molar-refractivity contribution in [3.8, 4) is 0 Å². The zero-order chi connectivity index (χ0) is 24.6. The van der Waals surface area contributed by atoms with Gasteiger partial charge in [-0.2, -0.15) is 0 Å². The van der Waals surface area contributed by atoms with Crippen molar-refractivity contribution >= 4 is 33.5 Å². The minimum absolute atomic E-state index is 0.189. The second-order valence-corrected chi connectivity index (χ2v) is 9.49. The van der Waals surface area contributed by atoms with Crippen LogP contribution in [-0.2, 0) is 9.47 Å². The Labute approximate surface area is 208 Å². The molecule has 0 amide bonds. The van der Waals surface area contributed by atoms with E-state index in [9.17, 15) is 9.59 Å². The van der Waals surface area contributed by atoms with Crippen molar-refractivity contribution in [2.24, 2.45) is 0 Å². The predicted molar refractivity (Wildman–Crippen MR) is 139 cm³/mol. The van der Waals surface area contributed by atoms with E-state index in [1.165, 1.54) is 36.1 Å². The average molecular weight is 471 g/mol. The molecule has 3 aliphatic carbocycles. The molecule has 5 aromatic carbocycles. The fourth-order valence-corrected chi connectivity index (χ4v) is 6.37. The highest BCUT2D eigenvalue weighted by Gasteiger charge is 2.45. The summed E-state index contributed by atoms with van der Waals surface area (Å²) in [6.45, 7) is 0. The summed E-state index contributed by atoms with van der Waals surface area (Å²) in [5.41, 5.74) is 7.50. The normalized spacial score (nSPS) is 16.8.